The lowest BCUT2D eigenvalue weighted by Gasteiger charge is -2.20. The van der Waals surface area contributed by atoms with Gasteiger partial charge in [-0.3, -0.25) is 9.69 Å². The maximum Gasteiger partial charge on any atom is 0.300 e. The Morgan fingerprint density at radius 2 is 1.76 bits per heavy atom. The van der Waals surface area contributed by atoms with Crippen LogP contribution in [0, 0.1) is 0 Å². The molecule has 0 unspecified atom stereocenters. The number of H-pyrrole nitrogens is 1. The quantitative estimate of drug-likeness (QED) is 0.516. The Morgan fingerprint density at radius 3 is 2.52 bits per heavy atom. The van der Waals surface area contributed by atoms with Crippen LogP contribution in [0.5, 0.6) is 11.8 Å². The van der Waals surface area contributed by atoms with Crippen LogP contribution in [0.1, 0.15) is 26.8 Å². The first-order valence-electron chi connectivity index (χ1n) is 9.07. The standard InChI is InChI=1S/C22H18N4O2.CH4/c1-22(2)16-6-5-13-23-19(16)26(20(22)27)14-9-11-15(12-10-14)28-21-24-17-7-3-4-8-18(17)25-21;/h3-13H,1-2H3,(H,24,25);1H4. The lowest BCUT2D eigenvalue weighted by Crippen LogP contribution is -2.33. The summed E-state index contributed by atoms with van der Waals surface area (Å²) >= 11 is 0. The number of hydrogen-bond acceptors (Lipinski definition) is 4. The summed E-state index contributed by atoms with van der Waals surface area (Å²) < 4.78 is 5.83. The topological polar surface area (TPSA) is 71.1 Å². The van der Waals surface area contributed by atoms with Gasteiger partial charge in [0, 0.05) is 11.8 Å². The first-order chi connectivity index (χ1) is 13.5. The summed E-state index contributed by atoms with van der Waals surface area (Å²) in [5.74, 6) is 1.32. The van der Waals surface area contributed by atoms with E-state index in [0.29, 0.717) is 17.6 Å². The van der Waals surface area contributed by atoms with Crippen LogP contribution in [0.3, 0.4) is 0 Å². The summed E-state index contributed by atoms with van der Waals surface area (Å²) in [5.41, 5.74) is 2.85. The summed E-state index contributed by atoms with van der Waals surface area (Å²) in [6.45, 7) is 3.85. The van der Waals surface area contributed by atoms with Gasteiger partial charge in [-0.2, -0.15) is 4.98 Å². The summed E-state index contributed by atoms with van der Waals surface area (Å²) in [5, 5.41) is 0. The number of para-hydroxylation sites is 2. The number of pyridine rings is 1. The number of aromatic nitrogens is 3. The summed E-state index contributed by atoms with van der Waals surface area (Å²) in [4.78, 5) is 26.7. The molecule has 2 aromatic carbocycles. The fourth-order valence-electron chi connectivity index (χ4n) is 3.55. The van der Waals surface area contributed by atoms with Crippen molar-refractivity contribution in [1.29, 1.82) is 0 Å². The minimum absolute atomic E-state index is 0. The van der Waals surface area contributed by atoms with Crippen molar-refractivity contribution in [2.45, 2.75) is 26.7 Å². The van der Waals surface area contributed by atoms with Crippen molar-refractivity contribution in [1.82, 2.24) is 15.0 Å². The van der Waals surface area contributed by atoms with E-state index < -0.39 is 5.41 Å². The van der Waals surface area contributed by atoms with Crippen molar-refractivity contribution in [2.75, 3.05) is 4.90 Å². The van der Waals surface area contributed by atoms with Gasteiger partial charge in [0.25, 0.3) is 6.01 Å². The molecule has 0 fully saturated rings. The van der Waals surface area contributed by atoms with Crippen molar-refractivity contribution in [3.63, 3.8) is 0 Å². The fraction of sp³-hybridized carbons (Fsp3) is 0.174. The van der Waals surface area contributed by atoms with Crippen molar-refractivity contribution >= 4 is 28.4 Å². The van der Waals surface area contributed by atoms with Crippen LogP contribution < -0.4 is 9.64 Å². The summed E-state index contributed by atoms with van der Waals surface area (Å²) in [6, 6.07) is 19.4. The van der Waals surface area contributed by atoms with Crippen molar-refractivity contribution in [3.05, 3.63) is 72.4 Å². The summed E-state index contributed by atoms with van der Waals surface area (Å²) in [7, 11) is 0. The van der Waals surface area contributed by atoms with Gasteiger partial charge in [0.05, 0.1) is 22.1 Å². The Morgan fingerprint density at radius 1 is 1.00 bits per heavy atom. The highest BCUT2D eigenvalue weighted by Crippen LogP contribution is 2.44. The maximum atomic E-state index is 13.0. The van der Waals surface area contributed by atoms with E-state index in [0.717, 1.165) is 22.3 Å². The van der Waals surface area contributed by atoms with Gasteiger partial charge in [-0.1, -0.05) is 25.6 Å². The predicted molar refractivity (Wildman–Crippen MR) is 114 cm³/mol. The van der Waals surface area contributed by atoms with Gasteiger partial charge in [0.15, 0.2) is 0 Å². The zero-order chi connectivity index (χ0) is 19.3. The molecule has 0 spiro atoms. The lowest BCUT2D eigenvalue weighted by molar-refractivity contribution is -0.121. The number of aromatic amines is 1. The number of imidazole rings is 1. The summed E-state index contributed by atoms with van der Waals surface area (Å²) in [6.07, 6.45) is 1.71. The number of nitrogens with zero attached hydrogens (tertiary/aromatic N) is 3. The van der Waals surface area contributed by atoms with E-state index in [4.69, 9.17) is 4.74 Å². The van der Waals surface area contributed by atoms with Gasteiger partial charge in [0.1, 0.15) is 11.6 Å². The van der Waals surface area contributed by atoms with Gasteiger partial charge >= 0.3 is 0 Å². The van der Waals surface area contributed by atoms with Crippen LogP contribution >= 0.6 is 0 Å². The van der Waals surface area contributed by atoms with Gasteiger partial charge in [-0.15, -0.1) is 0 Å². The third-order valence-corrected chi connectivity index (χ3v) is 5.09. The average Bonchev–Trinajstić information content (AvgIpc) is 3.20. The van der Waals surface area contributed by atoms with Crippen LogP contribution in [-0.2, 0) is 10.2 Å². The highest BCUT2D eigenvalue weighted by molar-refractivity contribution is 6.11. The molecular formula is C23H22N4O2. The Labute approximate surface area is 169 Å². The molecule has 29 heavy (non-hydrogen) atoms. The molecule has 0 saturated heterocycles. The monoisotopic (exact) mass is 386 g/mol. The molecule has 6 nitrogen and oxygen atoms in total. The molecule has 0 atom stereocenters. The molecule has 0 radical (unpaired) electrons. The number of carbonyl (C=O) groups excluding carboxylic acids is 1. The lowest BCUT2D eigenvalue weighted by atomic mass is 9.87. The molecule has 6 heteroatoms. The molecular weight excluding hydrogens is 364 g/mol. The molecule has 1 N–H and O–H groups in total. The number of fused-ring (bicyclic) bond motifs is 2. The molecule has 5 rings (SSSR count). The molecule has 1 aliphatic rings. The minimum Gasteiger partial charge on any atom is -0.426 e. The van der Waals surface area contributed by atoms with Gasteiger partial charge < -0.3 is 9.72 Å². The Balaban J connectivity index is 0.00000205. The first kappa shape index (κ1) is 18.7. The number of rotatable bonds is 3. The molecule has 1 amide bonds. The number of anilines is 2. The number of nitrogens with one attached hydrogen (secondary N) is 1. The van der Waals surface area contributed by atoms with E-state index in [9.17, 15) is 4.79 Å². The first-order valence-corrected chi connectivity index (χ1v) is 9.07. The highest BCUT2D eigenvalue weighted by atomic mass is 16.5. The number of carbonyl (C=O) groups is 1. The third-order valence-electron chi connectivity index (χ3n) is 5.09. The normalized spacial score (nSPS) is 14.6. The van der Waals surface area contributed by atoms with Gasteiger partial charge in [-0.05, 0) is 56.3 Å². The molecule has 0 saturated carbocycles. The average molecular weight is 386 g/mol. The predicted octanol–water partition coefficient (Wildman–Crippen LogP) is 5.34. The second-order valence-corrected chi connectivity index (χ2v) is 7.30. The minimum atomic E-state index is -0.604. The highest BCUT2D eigenvalue weighted by Gasteiger charge is 2.45. The van der Waals surface area contributed by atoms with Gasteiger partial charge in [0.2, 0.25) is 5.91 Å². The van der Waals surface area contributed by atoms with E-state index in [2.05, 4.69) is 15.0 Å². The Bertz CT molecular complexity index is 1160. The molecule has 1 aliphatic heterocycles. The largest absolute Gasteiger partial charge is 0.426 e. The number of benzene rings is 2. The zero-order valence-electron chi connectivity index (χ0n) is 15.5. The molecule has 0 aliphatic carbocycles. The second-order valence-electron chi connectivity index (χ2n) is 7.30. The van der Waals surface area contributed by atoms with Crippen LogP contribution in [0.15, 0.2) is 66.9 Å². The number of ether oxygens (including phenoxy) is 1. The fourth-order valence-corrected chi connectivity index (χ4v) is 3.55. The van der Waals surface area contributed by atoms with E-state index in [1.807, 2.05) is 74.5 Å². The molecule has 3 heterocycles. The van der Waals surface area contributed by atoms with Crippen LogP contribution in [0.2, 0.25) is 0 Å². The number of amides is 1. The second kappa shape index (κ2) is 6.74. The van der Waals surface area contributed by atoms with Crippen molar-refractivity contribution in [3.8, 4) is 11.8 Å². The molecule has 2 aromatic heterocycles. The third kappa shape index (κ3) is 2.93. The van der Waals surface area contributed by atoms with Crippen LogP contribution in [-0.4, -0.2) is 20.9 Å². The Hall–Kier alpha value is -3.67. The van der Waals surface area contributed by atoms with Crippen LogP contribution in [0.25, 0.3) is 11.0 Å². The van der Waals surface area contributed by atoms with E-state index in [1.165, 1.54) is 0 Å². The molecule has 4 aromatic rings. The SMILES string of the molecule is C.CC1(C)C(=O)N(c2ccc(Oc3nc4ccccc4[nH]3)cc2)c2ncccc21. The smallest absolute Gasteiger partial charge is 0.300 e. The van der Waals surface area contributed by atoms with E-state index in [1.54, 1.807) is 11.1 Å². The van der Waals surface area contributed by atoms with Gasteiger partial charge in [-0.25, -0.2) is 4.98 Å². The maximum absolute atomic E-state index is 13.0. The van der Waals surface area contributed by atoms with Crippen LogP contribution in [0.4, 0.5) is 11.5 Å². The molecule has 146 valence electrons. The Kier molecular flexibility index (Phi) is 4.34. The van der Waals surface area contributed by atoms with Crippen molar-refractivity contribution in [2.24, 2.45) is 0 Å². The zero-order valence-corrected chi connectivity index (χ0v) is 15.5. The number of hydrogen-bond donors (Lipinski definition) is 1. The van der Waals surface area contributed by atoms with E-state index in [-0.39, 0.29) is 13.3 Å². The molecule has 0 bridgehead atoms. The van der Waals surface area contributed by atoms with Crippen molar-refractivity contribution < 1.29 is 9.53 Å². The van der Waals surface area contributed by atoms with E-state index >= 15 is 0 Å².